The predicted molar refractivity (Wildman–Crippen MR) is 91.6 cm³/mol. The number of carboxylic acids is 1. The van der Waals surface area contributed by atoms with Crippen molar-refractivity contribution in [2.45, 2.75) is 52.0 Å². The Hall–Kier alpha value is -2.24. The van der Waals surface area contributed by atoms with Gasteiger partial charge in [0.2, 0.25) is 5.91 Å². The second kappa shape index (κ2) is 10.5. The summed E-state index contributed by atoms with van der Waals surface area (Å²) >= 11 is 0. The molecule has 0 aliphatic rings. The summed E-state index contributed by atoms with van der Waals surface area (Å²) in [5, 5.41) is 11.6. The Bertz CT molecular complexity index is 544. The standard InChI is InChI=1S/C18H27NO5/c1-4-5-6-7-10-24-16-9-8-14(12-17(16)23-3)11-15(18(21)22)19-13(2)20/h8-9,12,15H,4-7,10-11H2,1-3H3,(H,19,20)(H,21,22). The van der Waals surface area contributed by atoms with Gasteiger partial charge in [0.15, 0.2) is 11.5 Å². The van der Waals surface area contributed by atoms with Crippen LogP contribution in [-0.4, -0.2) is 36.7 Å². The highest BCUT2D eigenvalue weighted by molar-refractivity contribution is 5.82. The topological polar surface area (TPSA) is 84.9 Å². The van der Waals surface area contributed by atoms with Crippen LogP contribution >= 0.6 is 0 Å². The minimum absolute atomic E-state index is 0.183. The molecule has 0 bridgehead atoms. The molecule has 1 amide bonds. The summed E-state index contributed by atoms with van der Waals surface area (Å²) in [6.45, 7) is 4.08. The van der Waals surface area contributed by atoms with Gasteiger partial charge in [-0.2, -0.15) is 0 Å². The van der Waals surface area contributed by atoms with Crippen molar-refractivity contribution in [3.63, 3.8) is 0 Å². The highest BCUT2D eigenvalue weighted by atomic mass is 16.5. The van der Waals surface area contributed by atoms with E-state index < -0.39 is 12.0 Å². The number of hydrogen-bond acceptors (Lipinski definition) is 4. The van der Waals surface area contributed by atoms with E-state index in [4.69, 9.17) is 9.47 Å². The third kappa shape index (κ3) is 6.89. The molecule has 1 unspecified atom stereocenters. The van der Waals surface area contributed by atoms with Crippen molar-refractivity contribution in [1.82, 2.24) is 5.32 Å². The summed E-state index contributed by atoms with van der Waals surface area (Å²) < 4.78 is 11.1. The average molecular weight is 337 g/mol. The van der Waals surface area contributed by atoms with Crippen LogP contribution in [0.1, 0.15) is 45.1 Å². The fourth-order valence-corrected chi connectivity index (χ4v) is 2.35. The number of methoxy groups -OCH3 is 1. The second-order valence-electron chi connectivity index (χ2n) is 5.69. The molecule has 0 saturated heterocycles. The van der Waals surface area contributed by atoms with Gasteiger partial charge in [-0.3, -0.25) is 4.79 Å². The van der Waals surface area contributed by atoms with Gasteiger partial charge in [-0.1, -0.05) is 32.3 Å². The maximum absolute atomic E-state index is 11.2. The van der Waals surface area contributed by atoms with Crippen LogP contribution in [0.3, 0.4) is 0 Å². The molecular formula is C18H27NO5. The number of unbranched alkanes of at least 4 members (excludes halogenated alkanes) is 3. The molecule has 1 rings (SSSR count). The SMILES string of the molecule is CCCCCCOc1ccc(CC(NC(C)=O)C(=O)O)cc1OC. The van der Waals surface area contributed by atoms with E-state index >= 15 is 0 Å². The van der Waals surface area contributed by atoms with Gasteiger partial charge in [0.05, 0.1) is 13.7 Å². The molecule has 24 heavy (non-hydrogen) atoms. The fourth-order valence-electron chi connectivity index (χ4n) is 2.35. The monoisotopic (exact) mass is 337 g/mol. The first-order chi connectivity index (χ1) is 11.5. The molecule has 2 N–H and O–H groups in total. The smallest absolute Gasteiger partial charge is 0.326 e. The number of nitrogens with one attached hydrogen (secondary N) is 1. The number of ether oxygens (including phenoxy) is 2. The minimum atomic E-state index is -1.07. The second-order valence-corrected chi connectivity index (χ2v) is 5.69. The van der Waals surface area contributed by atoms with E-state index in [-0.39, 0.29) is 12.3 Å². The largest absolute Gasteiger partial charge is 0.493 e. The molecule has 0 saturated carbocycles. The molecule has 0 heterocycles. The minimum Gasteiger partial charge on any atom is -0.493 e. The Morgan fingerprint density at radius 3 is 2.54 bits per heavy atom. The molecule has 0 aromatic heterocycles. The lowest BCUT2D eigenvalue weighted by Gasteiger charge is -2.15. The highest BCUT2D eigenvalue weighted by Gasteiger charge is 2.19. The van der Waals surface area contributed by atoms with Gasteiger partial charge < -0.3 is 19.9 Å². The number of rotatable bonds is 11. The summed E-state index contributed by atoms with van der Waals surface area (Å²) in [6, 6.07) is 4.36. The van der Waals surface area contributed by atoms with Gasteiger partial charge in [0.1, 0.15) is 6.04 Å². The van der Waals surface area contributed by atoms with Crippen LogP contribution in [0, 0.1) is 0 Å². The van der Waals surface area contributed by atoms with Gasteiger partial charge in [0.25, 0.3) is 0 Å². The molecule has 1 atom stereocenters. The number of carbonyl (C=O) groups is 2. The van der Waals surface area contributed by atoms with Crippen molar-refractivity contribution < 1.29 is 24.2 Å². The van der Waals surface area contributed by atoms with Crippen LogP contribution < -0.4 is 14.8 Å². The van der Waals surface area contributed by atoms with Crippen molar-refractivity contribution in [1.29, 1.82) is 0 Å². The van der Waals surface area contributed by atoms with E-state index in [1.54, 1.807) is 25.3 Å². The quantitative estimate of drug-likeness (QED) is 0.607. The van der Waals surface area contributed by atoms with Crippen LogP contribution in [0.15, 0.2) is 18.2 Å². The lowest BCUT2D eigenvalue weighted by molar-refractivity contribution is -0.141. The van der Waals surface area contributed by atoms with Crippen molar-refractivity contribution >= 4 is 11.9 Å². The molecule has 134 valence electrons. The molecule has 6 nitrogen and oxygen atoms in total. The first kappa shape index (κ1) is 19.8. The Labute approximate surface area is 143 Å². The third-order valence-corrected chi connectivity index (χ3v) is 3.60. The fraction of sp³-hybridized carbons (Fsp3) is 0.556. The first-order valence-electron chi connectivity index (χ1n) is 8.27. The Morgan fingerprint density at radius 2 is 1.96 bits per heavy atom. The van der Waals surface area contributed by atoms with E-state index in [0.717, 1.165) is 18.4 Å². The van der Waals surface area contributed by atoms with Gasteiger partial charge in [-0.25, -0.2) is 4.79 Å². The Balaban J connectivity index is 2.70. The molecule has 0 spiro atoms. The zero-order valence-electron chi connectivity index (χ0n) is 14.6. The van der Waals surface area contributed by atoms with Gasteiger partial charge in [-0.05, 0) is 24.1 Å². The number of carbonyl (C=O) groups excluding carboxylic acids is 1. The van der Waals surface area contributed by atoms with E-state index in [1.807, 2.05) is 0 Å². The summed E-state index contributed by atoms with van der Waals surface area (Å²) in [5.74, 6) is -0.235. The van der Waals surface area contributed by atoms with E-state index in [1.165, 1.54) is 19.8 Å². The summed E-state index contributed by atoms with van der Waals surface area (Å²) in [5.41, 5.74) is 0.756. The van der Waals surface area contributed by atoms with Gasteiger partial charge in [0, 0.05) is 13.3 Å². The molecular weight excluding hydrogens is 310 g/mol. The van der Waals surface area contributed by atoms with Gasteiger partial charge in [-0.15, -0.1) is 0 Å². The lowest BCUT2D eigenvalue weighted by Crippen LogP contribution is -2.41. The van der Waals surface area contributed by atoms with Crippen LogP contribution in [0.5, 0.6) is 11.5 Å². The Kier molecular flexibility index (Phi) is 8.68. The van der Waals surface area contributed by atoms with Crippen LogP contribution in [0.4, 0.5) is 0 Å². The molecule has 1 aromatic rings. The van der Waals surface area contributed by atoms with E-state index in [9.17, 15) is 14.7 Å². The number of hydrogen-bond donors (Lipinski definition) is 2. The number of amides is 1. The van der Waals surface area contributed by atoms with Crippen LogP contribution in [0.2, 0.25) is 0 Å². The number of carboxylic acid groups (broad SMARTS) is 1. The summed E-state index contributed by atoms with van der Waals surface area (Å²) in [6.07, 6.45) is 4.68. The van der Waals surface area contributed by atoms with Crippen molar-refractivity contribution in [2.75, 3.05) is 13.7 Å². The molecule has 0 aliphatic carbocycles. The normalized spacial score (nSPS) is 11.6. The van der Waals surface area contributed by atoms with Crippen molar-refractivity contribution in [3.8, 4) is 11.5 Å². The molecule has 6 heteroatoms. The van der Waals surface area contributed by atoms with Gasteiger partial charge >= 0.3 is 5.97 Å². The van der Waals surface area contributed by atoms with E-state index in [0.29, 0.717) is 18.1 Å². The maximum atomic E-state index is 11.2. The average Bonchev–Trinajstić information content (AvgIpc) is 2.54. The van der Waals surface area contributed by atoms with Crippen LogP contribution in [-0.2, 0) is 16.0 Å². The van der Waals surface area contributed by atoms with Crippen LogP contribution in [0.25, 0.3) is 0 Å². The number of aliphatic carboxylic acids is 1. The van der Waals surface area contributed by atoms with Crippen molar-refractivity contribution in [3.05, 3.63) is 23.8 Å². The predicted octanol–water partition coefficient (Wildman–Crippen LogP) is 2.79. The molecule has 0 aliphatic heterocycles. The summed E-state index contributed by atoms with van der Waals surface area (Å²) in [4.78, 5) is 22.3. The van der Waals surface area contributed by atoms with Crippen molar-refractivity contribution in [2.24, 2.45) is 0 Å². The first-order valence-corrected chi connectivity index (χ1v) is 8.27. The third-order valence-electron chi connectivity index (χ3n) is 3.60. The van der Waals surface area contributed by atoms with E-state index in [2.05, 4.69) is 12.2 Å². The molecule has 0 radical (unpaired) electrons. The maximum Gasteiger partial charge on any atom is 0.326 e. The molecule has 0 fully saturated rings. The zero-order chi connectivity index (χ0) is 17.9. The molecule has 1 aromatic carbocycles. The Morgan fingerprint density at radius 1 is 1.21 bits per heavy atom. The summed E-state index contributed by atoms with van der Waals surface area (Å²) in [7, 11) is 1.55. The number of benzene rings is 1. The highest BCUT2D eigenvalue weighted by Crippen LogP contribution is 2.28. The zero-order valence-corrected chi connectivity index (χ0v) is 14.6. The lowest BCUT2D eigenvalue weighted by atomic mass is 10.1.